The highest BCUT2D eigenvalue weighted by Crippen LogP contribution is 2.25. The second-order valence-electron chi connectivity index (χ2n) is 9.63. The van der Waals surface area contributed by atoms with E-state index in [0.717, 1.165) is 45.3 Å². The van der Waals surface area contributed by atoms with Gasteiger partial charge in [-0.25, -0.2) is 12.8 Å². The monoisotopic (exact) mass is 573 g/mol. The molecule has 1 atom stereocenters. The van der Waals surface area contributed by atoms with E-state index in [1.165, 1.54) is 11.9 Å². The first-order valence-electron chi connectivity index (χ1n) is 13.1. The van der Waals surface area contributed by atoms with E-state index in [1.807, 2.05) is 61.5 Å². The Morgan fingerprint density at radius 2 is 1.39 bits per heavy atom. The molecule has 0 aliphatic heterocycles. The fraction of sp³-hybridized carbons (Fsp3) is 0.188. The number of amides is 2. The van der Waals surface area contributed by atoms with Gasteiger partial charge in [0.05, 0.1) is 10.6 Å². The molecule has 4 aromatic carbocycles. The van der Waals surface area contributed by atoms with Gasteiger partial charge in [0.25, 0.3) is 10.0 Å². The topological polar surface area (TPSA) is 86.8 Å². The van der Waals surface area contributed by atoms with Crippen LogP contribution in [0.5, 0.6) is 0 Å². The van der Waals surface area contributed by atoms with Crippen molar-refractivity contribution in [3.05, 3.63) is 132 Å². The van der Waals surface area contributed by atoms with Crippen LogP contribution in [0.4, 0.5) is 10.1 Å². The Kier molecular flexibility index (Phi) is 9.52. The van der Waals surface area contributed by atoms with Gasteiger partial charge in [0.15, 0.2) is 0 Å². The molecule has 0 saturated carbocycles. The van der Waals surface area contributed by atoms with Crippen LogP contribution in [0.25, 0.3) is 0 Å². The summed E-state index contributed by atoms with van der Waals surface area (Å²) in [5.41, 5.74) is 2.94. The van der Waals surface area contributed by atoms with Crippen LogP contribution in [0.15, 0.2) is 114 Å². The summed E-state index contributed by atoms with van der Waals surface area (Å²) in [4.78, 5) is 28.7. The number of hydrogen-bond acceptors (Lipinski definition) is 4. The summed E-state index contributed by atoms with van der Waals surface area (Å²) in [7, 11) is -2.77. The molecule has 4 rings (SSSR count). The Labute approximate surface area is 240 Å². The van der Waals surface area contributed by atoms with Crippen LogP contribution >= 0.6 is 0 Å². The summed E-state index contributed by atoms with van der Waals surface area (Å²) in [6.45, 7) is 1.47. The van der Waals surface area contributed by atoms with Gasteiger partial charge >= 0.3 is 0 Å². The molecule has 0 spiro atoms. The molecule has 0 aliphatic rings. The van der Waals surface area contributed by atoms with Crippen LogP contribution in [-0.4, -0.2) is 44.8 Å². The zero-order valence-electron chi connectivity index (χ0n) is 22.9. The van der Waals surface area contributed by atoms with E-state index in [4.69, 9.17) is 0 Å². The number of rotatable bonds is 11. The van der Waals surface area contributed by atoms with E-state index < -0.39 is 34.3 Å². The van der Waals surface area contributed by atoms with E-state index in [9.17, 15) is 22.4 Å². The van der Waals surface area contributed by atoms with Crippen molar-refractivity contribution >= 4 is 27.5 Å². The number of carbonyl (C=O) groups is 2. The Hall–Kier alpha value is -4.50. The first kappa shape index (κ1) is 29.5. The Balaban J connectivity index is 1.76. The summed E-state index contributed by atoms with van der Waals surface area (Å²) in [5, 5.41) is 2.66. The van der Waals surface area contributed by atoms with E-state index >= 15 is 0 Å². The first-order valence-corrected chi connectivity index (χ1v) is 14.6. The molecule has 212 valence electrons. The van der Waals surface area contributed by atoms with E-state index in [2.05, 4.69) is 5.32 Å². The van der Waals surface area contributed by atoms with Gasteiger partial charge in [-0.1, -0.05) is 78.4 Å². The summed E-state index contributed by atoms with van der Waals surface area (Å²) in [6.07, 6.45) is 0.230. The molecule has 0 fully saturated rings. The van der Waals surface area contributed by atoms with E-state index in [-0.39, 0.29) is 29.5 Å². The minimum atomic E-state index is -4.27. The van der Waals surface area contributed by atoms with Gasteiger partial charge in [-0.15, -0.1) is 0 Å². The van der Waals surface area contributed by atoms with Gasteiger partial charge in [-0.05, 0) is 54.4 Å². The number of carbonyl (C=O) groups excluding carboxylic acids is 2. The van der Waals surface area contributed by atoms with Crippen LogP contribution in [0.1, 0.15) is 16.7 Å². The van der Waals surface area contributed by atoms with Gasteiger partial charge in [0, 0.05) is 20.0 Å². The predicted octanol–water partition coefficient (Wildman–Crippen LogP) is 4.72. The maximum atomic E-state index is 14.2. The maximum Gasteiger partial charge on any atom is 0.264 e. The molecule has 4 aromatic rings. The number of anilines is 1. The van der Waals surface area contributed by atoms with Gasteiger partial charge in [0.2, 0.25) is 11.8 Å². The Morgan fingerprint density at radius 3 is 1.98 bits per heavy atom. The molecule has 0 aromatic heterocycles. The lowest BCUT2D eigenvalue weighted by molar-refractivity contribution is -0.139. The first-order chi connectivity index (χ1) is 19.7. The van der Waals surface area contributed by atoms with Crippen LogP contribution < -0.4 is 9.62 Å². The molecule has 1 N–H and O–H groups in total. The lowest BCUT2D eigenvalue weighted by Crippen LogP contribution is -2.53. The van der Waals surface area contributed by atoms with Crippen molar-refractivity contribution in [1.29, 1.82) is 0 Å². The molecule has 0 unspecified atom stereocenters. The smallest absolute Gasteiger partial charge is 0.264 e. The van der Waals surface area contributed by atoms with Crippen molar-refractivity contribution in [2.24, 2.45) is 0 Å². The van der Waals surface area contributed by atoms with Crippen molar-refractivity contribution in [3.8, 4) is 0 Å². The lowest BCUT2D eigenvalue weighted by atomic mass is 10.0. The molecule has 0 heterocycles. The van der Waals surface area contributed by atoms with E-state index in [1.54, 1.807) is 30.3 Å². The predicted molar refractivity (Wildman–Crippen MR) is 157 cm³/mol. The summed E-state index contributed by atoms with van der Waals surface area (Å²) in [5.74, 6) is -1.52. The zero-order valence-corrected chi connectivity index (χ0v) is 23.7. The van der Waals surface area contributed by atoms with E-state index in [0.29, 0.717) is 0 Å². The largest absolute Gasteiger partial charge is 0.357 e. The van der Waals surface area contributed by atoms with Crippen LogP contribution in [0.3, 0.4) is 0 Å². The summed E-state index contributed by atoms with van der Waals surface area (Å²) < 4.78 is 42.2. The Bertz CT molecular complexity index is 1560. The normalized spacial score (nSPS) is 11.9. The fourth-order valence-corrected chi connectivity index (χ4v) is 5.88. The maximum absolute atomic E-state index is 14.2. The van der Waals surface area contributed by atoms with Crippen LogP contribution in [-0.2, 0) is 32.6 Å². The molecule has 0 aliphatic carbocycles. The van der Waals surface area contributed by atoms with Gasteiger partial charge in [-0.3, -0.25) is 13.9 Å². The SMILES string of the molecule is CNC(=O)[C@H](Cc1ccccc1)N(Cc1ccc(C)cc1)C(=O)CN(c1ccccc1)S(=O)(=O)c1ccc(F)cc1. The highest BCUT2D eigenvalue weighted by molar-refractivity contribution is 7.92. The van der Waals surface area contributed by atoms with Crippen molar-refractivity contribution < 1.29 is 22.4 Å². The highest BCUT2D eigenvalue weighted by atomic mass is 32.2. The molecule has 9 heteroatoms. The number of benzene rings is 4. The van der Waals surface area contributed by atoms with Gasteiger partial charge in [-0.2, -0.15) is 0 Å². The third-order valence-corrected chi connectivity index (χ3v) is 8.50. The van der Waals surface area contributed by atoms with Crippen LogP contribution in [0, 0.1) is 12.7 Å². The minimum absolute atomic E-state index is 0.0866. The third-order valence-electron chi connectivity index (χ3n) is 6.72. The van der Waals surface area contributed by atoms with Gasteiger partial charge < -0.3 is 10.2 Å². The summed E-state index contributed by atoms with van der Waals surface area (Å²) in [6, 6.07) is 28.7. The van der Waals surface area contributed by atoms with Crippen molar-refractivity contribution in [2.45, 2.75) is 30.8 Å². The molecular weight excluding hydrogens is 541 g/mol. The molecule has 0 saturated heterocycles. The number of nitrogens with one attached hydrogen (secondary N) is 1. The van der Waals surface area contributed by atoms with Crippen LogP contribution in [0.2, 0.25) is 0 Å². The number of para-hydroxylation sites is 1. The van der Waals surface area contributed by atoms with Crippen molar-refractivity contribution in [2.75, 3.05) is 17.9 Å². The number of aryl methyl sites for hydroxylation is 1. The fourth-order valence-electron chi connectivity index (χ4n) is 4.47. The third kappa shape index (κ3) is 7.37. The number of sulfonamides is 1. The lowest BCUT2D eigenvalue weighted by Gasteiger charge is -2.33. The average molecular weight is 574 g/mol. The molecule has 2 amide bonds. The minimum Gasteiger partial charge on any atom is -0.357 e. The molecule has 7 nitrogen and oxygen atoms in total. The van der Waals surface area contributed by atoms with Crippen molar-refractivity contribution in [1.82, 2.24) is 10.2 Å². The highest BCUT2D eigenvalue weighted by Gasteiger charge is 2.34. The number of halogens is 1. The second-order valence-corrected chi connectivity index (χ2v) is 11.5. The number of nitrogens with zero attached hydrogens (tertiary/aromatic N) is 2. The Morgan fingerprint density at radius 1 is 0.805 bits per heavy atom. The van der Waals surface area contributed by atoms with Crippen molar-refractivity contribution in [3.63, 3.8) is 0 Å². The number of hydrogen-bond donors (Lipinski definition) is 1. The second kappa shape index (κ2) is 13.2. The summed E-state index contributed by atoms with van der Waals surface area (Å²) >= 11 is 0. The molecule has 0 radical (unpaired) electrons. The molecular formula is C32H32FN3O4S. The molecule has 41 heavy (non-hydrogen) atoms. The quantitative estimate of drug-likeness (QED) is 0.282. The molecule has 0 bridgehead atoms. The number of likely N-dealkylation sites (N-methyl/N-ethyl adjacent to an activating group) is 1. The van der Waals surface area contributed by atoms with Gasteiger partial charge in [0.1, 0.15) is 18.4 Å². The standard InChI is InChI=1S/C32H32FN3O4S/c1-24-13-15-26(16-14-24)22-35(30(32(38)34-2)21-25-9-5-3-6-10-25)31(37)23-36(28-11-7-4-8-12-28)41(39,40)29-19-17-27(33)18-20-29/h3-20,30H,21-23H2,1-2H3,(H,34,38)/t30-/m0/s1. The zero-order chi connectivity index (χ0) is 29.4. The average Bonchev–Trinajstić information content (AvgIpc) is 2.99.